The summed E-state index contributed by atoms with van der Waals surface area (Å²) in [7, 11) is 0. The molecule has 2 rings (SSSR count). The molecule has 1 heterocycles. The van der Waals surface area contributed by atoms with E-state index in [1.807, 2.05) is 6.07 Å². The van der Waals surface area contributed by atoms with E-state index in [0.717, 1.165) is 14.6 Å². The lowest BCUT2D eigenvalue weighted by atomic mass is 10.2. The highest BCUT2D eigenvalue weighted by Crippen LogP contribution is 2.43. The molecule has 4 heteroatoms. The molecular weight excluding hydrogens is 284 g/mol. The van der Waals surface area contributed by atoms with E-state index in [1.165, 1.54) is 12.8 Å². The molecule has 1 aromatic rings. The third-order valence-corrected chi connectivity index (χ3v) is 3.22. The van der Waals surface area contributed by atoms with Gasteiger partial charge in [0.25, 0.3) is 0 Å². The topological polar surface area (TPSA) is 38.9 Å². The summed E-state index contributed by atoms with van der Waals surface area (Å²) in [5.74, 6) is 1.22. The third-order valence-electron chi connectivity index (χ3n) is 1.95. The Bertz CT molecular complexity index is 321. The monoisotopic (exact) mass is 290 g/mol. The maximum atomic E-state index is 5.68. The molecule has 0 atom stereocenters. The minimum Gasteiger partial charge on any atom is -0.383 e. The van der Waals surface area contributed by atoms with Crippen LogP contribution in [0, 0.1) is 0 Å². The summed E-state index contributed by atoms with van der Waals surface area (Å²) in [5.41, 5.74) is 6.78. The number of aromatic nitrogens is 1. The van der Waals surface area contributed by atoms with E-state index >= 15 is 0 Å². The highest BCUT2D eigenvalue weighted by atomic mass is 79.9. The van der Waals surface area contributed by atoms with Crippen molar-refractivity contribution in [1.82, 2.24) is 4.98 Å². The van der Waals surface area contributed by atoms with Gasteiger partial charge in [0.15, 0.2) is 0 Å². The predicted molar refractivity (Wildman–Crippen MR) is 56.0 cm³/mol. The van der Waals surface area contributed by atoms with Crippen LogP contribution < -0.4 is 5.73 Å². The van der Waals surface area contributed by atoms with Crippen LogP contribution >= 0.6 is 31.9 Å². The fourth-order valence-electron chi connectivity index (χ4n) is 1.14. The molecular formula is C8H8Br2N2. The zero-order valence-electron chi connectivity index (χ0n) is 6.35. The molecule has 0 amide bonds. The first kappa shape index (κ1) is 8.51. The summed E-state index contributed by atoms with van der Waals surface area (Å²) in [6.45, 7) is 0. The highest BCUT2D eigenvalue weighted by molar-refractivity contribution is 9.11. The Labute approximate surface area is 87.8 Å². The van der Waals surface area contributed by atoms with Gasteiger partial charge in [0.1, 0.15) is 5.82 Å². The van der Waals surface area contributed by atoms with Crippen molar-refractivity contribution in [2.75, 3.05) is 5.73 Å². The average Bonchev–Trinajstić information content (AvgIpc) is 2.79. The van der Waals surface area contributed by atoms with Crippen LogP contribution in [-0.2, 0) is 0 Å². The van der Waals surface area contributed by atoms with E-state index in [2.05, 4.69) is 36.8 Å². The van der Waals surface area contributed by atoms with Crippen molar-refractivity contribution >= 4 is 37.7 Å². The predicted octanol–water partition coefficient (Wildman–Crippen LogP) is 3.07. The van der Waals surface area contributed by atoms with Crippen LogP contribution in [0.15, 0.2) is 15.0 Å². The first-order chi connectivity index (χ1) is 5.68. The molecule has 1 aliphatic carbocycles. The summed E-state index contributed by atoms with van der Waals surface area (Å²) in [6, 6.07) is 1.97. The molecule has 0 aromatic carbocycles. The van der Waals surface area contributed by atoms with E-state index in [-0.39, 0.29) is 0 Å². The molecule has 0 aliphatic heterocycles. The number of nitrogens with two attached hydrogens (primary N) is 1. The lowest BCUT2D eigenvalue weighted by Gasteiger charge is -2.04. The van der Waals surface area contributed by atoms with Gasteiger partial charge in [-0.05, 0) is 50.8 Å². The van der Waals surface area contributed by atoms with Gasteiger partial charge in [-0.3, -0.25) is 0 Å². The lowest BCUT2D eigenvalue weighted by molar-refractivity contribution is 1.01. The number of nitrogens with zero attached hydrogens (tertiary/aromatic N) is 1. The molecule has 0 unspecified atom stereocenters. The molecule has 1 fully saturated rings. The van der Waals surface area contributed by atoms with Gasteiger partial charge in [-0.2, -0.15) is 0 Å². The SMILES string of the molecule is Nc1nc(C2CC2)c(Br)cc1Br. The smallest absolute Gasteiger partial charge is 0.138 e. The summed E-state index contributed by atoms with van der Waals surface area (Å²) in [6.07, 6.45) is 2.49. The van der Waals surface area contributed by atoms with Gasteiger partial charge in [0.05, 0.1) is 10.2 Å². The van der Waals surface area contributed by atoms with Gasteiger partial charge in [0.2, 0.25) is 0 Å². The van der Waals surface area contributed by atoms with Crippen LogP contribution in [0.5, 0.6) is 0 Å². The van der Waals surface area contributed by atoms with Crippen molar-refractivity contribution < 1.29 is 0 Å². The Morgan fingerprint density at radius 1 is 1.33 bits per heavy atom. The number of hydrogen-bond acceptors (Lipinski definition) is 2. The lowest BCUT2D eigenvalue weighted by Crippen LogP contribution is -1.96. The van der Waals surface area contributed by atoms with Crippen LogP contribution in [-0.4, -0.2) is 4.98 Å². The van der Waals surface area contributed by atoms with E-state index in [4.69, 9.17) is 5.73 Å². The Morgan fingerprint density at radius 3 is 2.58 bits per heavy atom. The van der Waals surface area contributed by atoms with Crippen LogP contribution in [0.2, 0.25) is 0 Å². The van der Waals surface area contributed by atoms with E-state index in [0.29, 0.717) is 11.7 Å². The van der Waals surface area contributed by atoms with E-state index in [9.17, 15) is 0 Å². The minimum atomic E-state index is 0.583. The fraction of sp³-hybridized carbons (Fsp3) is 0.375. The Kier molecular flexibility index (Phi) is 2.12. The Hall–Kier alpha value is -0.0900. The van der Waals surface area contributed by atoms with Gasteiger partial charge in [-0.15, -0.1) is 0 Å². The second-order valence-electron chi connectivity index (χ2n) is 3.00. The summed E-state index contributed by atoms with van der Waals surface area (Å²) >= 11 is 6.81. The molecule has 1 aliphatic rings. The largest absolute Gasteiger partial charge is 0.383 e. The maximum Gasteiger partial charge on any atom is 0.138 e. The van der Waals surface area contributed by atoms with Crippen LogP contribution in [0.1, 0.15) is 24.5 Å². The second-order valence-corrected chi connectivity index (χ2v) is 4.71. The van der Waals surface area contributed by atoms with Crippen molar-refractivity contribution in [3.05, 3.63) is 20.7 Å². The van der Waals surface area contributed by atoms with Crippen molar-refractivity contribution in [2.24, 2.45) is 0 Å². The zero-order chi connectivity index (χ0) is 8.72. The van der Waals surface area contributed by atoms with E-state index < -0.39 is 0 Å². The molecule has 64 valence electrons. The molecule has 0 saturated heterocycles. The van der Waals surface area contributed by atoms with Crippen molar-refractivity contribution in [1.29, 1.82) is 0 Å². The first-order valence-electron chi connectivity index (χ1n) is 3.80. The van der Waals surface area contributed by atoms with Gasteiger partial charge >= 0.3 is 0 Å². The van der Waals surface area contributed by atoms with Gasteiger partial charge in [0, 0.05) is 10.4 Å². The molecule has 0 radical (unpaired) electrons. The molecule has 1 aromatic heterocycles. The normalized spacial score (nSPS) is 16.5. The number of hydrogen-bond donors (Lipinski definition) is 1. The Morgan fingerprint density at radius 2 is 2.00 bits per heavy atom. The number of pyridine rings is 1. The number of nitrogen functional groups attached to an aromatic ring is 1. The summed E-state index contributed by atoms with van der Waals surface area (Å²) in [4.78, 5) is 4.32. The number of halogens is 2. The van der Waals surface area contributed by atoms with Gasteiger partial charge in [-0.1, -0.05) is 0 Å². The molecule has 2 nitrogen and oxygen atoms in total. The average molecular weight is 292 g/mol. The molecule has 1 saturated carbocycles. The van der Waals surface area contributed by atoms with E-state index in [1.54, 1.807) is 0 Å². The van der Waals surface area contributed by atoms with Crippen molar-refractivity contribution in [3.63, 3.8) is 0 Å². The summed E-state index contributed by atoms with van der Waals surface area (Å²) < 4.78 is 1.92. The zero-order valence-corrected chi connectivity index (χ0v) is 9.52. The van der Waals surface area contributed by atoms with Gasteiger partial charge in [-0.25, -0.2) is 4.98 Å². The van der Waals surface area contributed by atoms with Crippen LogP contribution in [0.3, 0.4) is 0 Å². The molecule has 12 heavy (non-hydrogen) atoms. The molecule has 0 spiro atoms. The highest BCUT2D eigenvalue weighted by Gasteiger charge is 2.27. The third kappa shape index (κ3) is 1.50. The second kappa shape index (κ2) is 3.00. The standard InChI is InChI=1S/C8H8Br2N2/c9-5-3-6(10)8(11)12-7(5)4-1-2-4/h3-4H,1-2H2,(H2,11,12). The van der Waals surface area contributed by atoms with Crippen molar-refractivity contribution in [2.45, 2.75) is 18.8 Å². The maximum absolute atomic E-state index is 5.68. The van der Waals surface area contributed by atoms with Crippen LogP contribution in [0.4, 0.5) is 5.82 Å². The first-order valence-corrected chi connectivity index (χ1v) is 5.38. The number of rotatable bonds is 1. The quantitative estimate of drug-likeness (QED) is 0.864. The summed E-state index contributed by atoms with van der Waals surface area (Å²) in [5, 5.41) is 0. The Balaban J connectivity index is 2.47. The minimum absolute atomic E-state index is 0.583. The van der Waals surface area contributed by atoms with Gasteiger partial charge < -0.3 is 5.73 Å². The number of anilines is 1. The fourth-order valence-corrected chi connectivity index (χ4v) is 2.40. The van der Waals surface area contributed by atoms with Crippen LogP contribution in [0.25, 0.3) is 0 Å². The van der Waals surface area contributed by atoms with Crippen molar-refractivity contribution in [3.8, 4) is 0 Å². The molecule has 2 N–H and O–H groups in total. The molecule has 0 bridgehead atoms.